The van der Waals surface area contributed by atoms with E-state index in [2.05, 4.69) is 4.98 Å². The predicted octanol–water partition coefficient (Wildman–Crippen LogP) is 3.37. The van der Waals surface area contributed by atoms with Crippen LogP contribution >= 0.6 is 11.6 Å². The summed E-state index contributed by atoms with van der Waals surface area (Å²) in [5.74, 6) is 0.553. The van der Waals surface area contributed by atoms with Crippen LogP contribution in [0.25, 0.3) is 10.9 Å². The molecule has 0 saturated heterocycles. The summed E-state index contributed by atoms with van der Waals surface area (Å²) in [6.07, 6.45) is 2.36. The van der Waals surface area contributed by atoms with Crippen molar-refractivity contribution in [2.75, 3.05) is 0 Å². The van der Waals surface area contributed by atoms with Crippen molar-refractivity contribution in [1.29, 1.82) is 0 Å². The van der Waals surface area contributed by atoms with Gasteiger partial charge in [0.1, 0.15) is 0 Å². The molecule has 0 bridgehead atoms. The normalized spacial score (nSPS) is 15.6. The lowest BCUT2D eigenvalue weighted by atomic mass is 10.1. The van der Waals surface area contributed by atoms with Crippen LogP contribution in [-0.2, 0) is 0 Å². The van der Waals surface area contributed by atoms with Crippen LogP contribution in [0.2, 0.25) is 5.02 Å². The lowest BCUT2D eigenvalue weighted by Crippen LogP contribution is -2.04. The van der Waals surface area contributed by atoms with Crippen LogP contribution in [0.15, 0.2) is 23.0 Å². The Bertz CT molecular complexity index is 626. The number of pyridine rings is 1. The minimum absolute atomic E-state index is 0.0930. The Balaban J connectivity index is 2.33. The van der Waals surface area contributed by atoms with Gasteiger partial charge >= 0.3 is 0 Å². The Hall–Kier alpha value is -1.28. The van der Waals surface area contributed by atoms with Crippen molar-refractivity contribution in [1.82, 2.24) is 4.98 Å². The molecule has 2 aromatic rings. The van der Waals surface area contributed by atoms with E-state index >= 15 is 0 Å². The molecule has 16 heavy (non-hydrogen) atoms. The maximum Gasteiger partial charge on any atom is 0.189 e. The van der Waals surface area contributed by atoms with E-state index in [0.717, 1.165) is 22.2 Å². The zero-order valence-electron chi connectivity index (χ0n) is 9.01. The second-order valence-electron chi connectivity index (χ2n) is 4.51. The standard InChI is InChI=1S/C13H12ClNO/c1-7-4-9-12(5-10(7)14)15-11(6-13(9)16)8-2-3-8/h4-6,8H,2-3H2,1H3,(H,15,16). The molecule has 1 saturated carbocycles. The van der Waals surface area contributed by atoms with Crippen molar-refractivity contribution in [2.24, 2.45) is 0 Å². The van der Waals surface area contributed by atoms with Gasteiger partial charge in [0, 0.05) is 22.2 Å². The Labute approximate surface area is 98.3 Å². The summed E-state index contributed by atoms with van der Waals surface area (Å²) >= 11 is 6.07. The van der Waals surface area contributed by atoms with Gasteiger partial charge in [-0.25, -0.2) is 0 Å². The number of aromatic nitrogens is 1. The van der Waals surface area contributed by atoms with Gasteiger partial charge in [-0.2, -0.15) is 0 Å². The van der Waals surface area contributed by atoms with Crippen molar-refractivity contribution in [3.8, 4) is 0 Å². The minimum Gasteiger partial charge on any atom is -0.358 e. The van der Waals surface area contributed by atoms with Gasteiger partial charge in [-0.3, -0.25) is 4.79 Å². The molecule has 1 aliphatic rings. The third-order valence-electron chi connectivity index (χ3n) is 3.15. The number of aromatic amines is 1. The van der Waals surface area contributed by atoms with Crippen molar-refractivity contribution >= 4 is 22.5 Å². The molecule has 1 fully saturated rings. The highest BCUT2D eigenvalue weighted by atomic mass is 35.5. The van der Waals surface area contributed by atoms with Crippen molar-refractivity contribution in [3.05, 3.63) is 44.7 Å². The van der Waals surface area contributed by atoms with Gasteiger partial charge in [0.15, 0.2) is 5.43 Å². The molecule has 1 aromatic carbocycles. The predicted molar refractivity (Wildman–Crippen MR) is 66.3 cm³/mol. The van der Waals surface area contributed by atoms with Crippen LogP contribution in [0.1, 0.15) is 30.0 Å². The number of halogens is 1. The molecular formula is C13H12ClNO. The number of hydrogen-bond acceptors (Lipinski definition) is 1. The first-order valence-corrected chi connectivity index (χ1v) is 5.86. The maximum atomic E-state index is 11.9. The summed E-state index contributed by atoms with van der Waals surface area (Å²) in [6.45, 7) is 1.91. The number of aryl methyl sites for hydroxylation is 1. The van der Waals surface area contributed by atoms with Crippen LogP contribution in [0, 0.1) is 6.92 Å². The fraction of sp³-hybridized carbons (Fsp3) is 0.308. The molecule has 0 radical (unpaired) electrons. The smallest absolute Gasteiger partial charge is 0.189 e. The molecule has 1 aliphatic carbocycles. The van der Waals surface area contributed by atoms with E-state index in [-0.39, 0.29) is 5.43 Å². The quantitative estimate of drug-likeness (QED) is 0.805. The number of hydrogen-bond donors (Lipinski definition) is 1. The first kappa shape index (κ1) is 9.91. The zero-order valence-corrected chi connectivity index (χ0v) is 9.77. The summed E-state index contributed by atoms with van der Waals surface area (Å²) in [4.78, 5) is 15.2. The van der Waals surface area contributed by atoms with Gasteiger partial charge in [-0.15, -0.1) is 0 Å². The lowest BCUT2D eigenvalue weighted by molar-refractivity contribution is 1.04. The molecule has 1 aromatic heterocycles. The van der Waals surface area contributed by atoms with E-state index in [1.807, 2.05) is 19.1 Å². The van der Waals surface area contributed by atoms with E-state index in [9.17, 15) is 4.79 Å². The number of H-pyrrole nitrogens is 1. The minimum atomic E-state index is 0.0930. The Morgan fingerprint density at radius 3 is 2.75 bits per heavy atom. The Morgan fingerprint density at radius 2 is 2.06 bits per heavy atom. The third kappa shape index (κ3) is 1.54. The molecular weight excluding hydrogens is 222 g/mol. The first-order valence-electron chi connectivity index (χ1n) is 5.48. The van der Waals surface area contributed by atoms with E-state index < -0.39 is 0 Å². The largest absolute Gasteiger partial charge is 0.358 e. The number of nitrogens with one attached hydrogen (secondary N) is 1. The van der Waals surface area contributed by atoms with Crippen LogP contribution in [0.5, 0.6) is 0 Å². The summed E-state index contributed by atoms with van der Waals surface area (Å²) < 4.78 is 0. The molecule has 0 amide bonds. The van der Waals surface area contributed by atoms with E-state index in [1.165, 1.54) is 12.8 Å². The summed E-state index contributed by atoms with van der Waals surface area (Å²) in [5.41, 5.74) is 2.94. The molecule has 1 N–H and O–H groups in total. The molecule has 3 rings (SSSR count). The fourth-order valence-electron chi connectivity index (χ4n) is 2.01. The molecule has 3 heteroatoms. The molecule has 2 nitrogen and oxygen atoms in total. The topological polar surface area (TPSA) is 32.9 Å². The van der Waals surface area contributed by atoms with Gasteiger partial charge < -0.3 is 4.98 Å². The SMILES string of the molecule is Cc1cc2c(=O)cc(C3CC3)[nH]c2cc1Cl. The van der Waals surface area contributed by atoms with Crippen molar-refractivity contribution < 1.29 is 0 Å². The second kappa shape index (κ2) is 3.36. The summed E-state index contributed by atoms with van der Waals surface area (Å²) in [5, 5.41) is 1.43. The third-order valence-corrected chi connectivity index (χ3v) is 3.55. The highest BCUT2D eigenvalue weighted by Crippen LogP contribution is 2.39. The van der Waals surface area contributed by atoms with Gasteiger partial charge in [-0.1, -0.05) is 11.6 Å². The zero-order chi connectivity index (χ0) is 11.3. The van der Waals surface area contributed by atoms with Crippen LogP contribution < -0.4 is 5.43 Å². The molecule has 0 spiro atoms. The number of fused-ring (bicyclic) bond motifs is 1. The highest BCUT2D eigenvalue weighted by Gasteiger charge is 2.24. The number of rotatable bonds is 1. The summed E-state index contributed by atoms with van der Waals surface area (Å²) in [6, 6.07) is 5.43. The average molecular weight is 234 g/mol. The van der Waals surface area contributed by atoms with Gasteiger partial charge in [0.05, 0.1) is 5.52 Å². The molecule has 0 aliphatic heterocycles. The van der Waals surface area contributed by atoms with Crippen molar-refractivity contribution in [2.45, 2.75) is 25.7 Å². The van der Waals surface area contributed by atoms with Gasteiger partial charge in [-0.05, 0) is 43.4 Å². The lowest BCUT2D eigenvalue weighted by Gasteiger charge is -2.05. The summed E-state index contributed by atoms with van der Waals surface area (Å²) in [7, 11) is 0. The van der Waals surface area contributed by atoms with Crippen molar-refractivity contribution in [3.63, 3.8) is 0 Å². The van der Waals surface area contributed by atoms with E-state index in [0.29, 0.717) is 10.9 Å². The van der Waals surface area contributed by atoms with Crippen LogP contribution in [-0.4, -0.2) is 4.98 Å². The highest BCUT2D eigenvalue weighted by molar-refractivity contribution is 6.32. The van der Waals surface area contributed by atoms with Crippen LogP contribution in [0.3, 0.4) is 0 Å². The molecule has 0 unspecified atom stereocenters. The Kier molecular flexibility index (Phi) is 2.08. The van der Waals surface area contributed by atoms with Gasteiger partial charge in [0.25, 0.3) is 0 Å². The first-order chi connectivity index (χ1) is 7.65. The average Bonchev–Trinajstić information content (AvgIpc) is 3.04. The molecule has 82 valence electrons. The number of benzene rings is 1. The van der Waals surface area contributed by atoms with Gasteiger partial charge in [0.2, 0.25) is 0 Å². The van der Waals surface area contributed by atoms with Crippen LogP contribution in [0.4, 0.5) is 0 Å². The molecule has 1 heterocycles. The van der Waals surface area contributed by atoms with E-state index in [1.54, 1.807) is 6.07 Å². The second-order valence-corrected chi connectivity index (χ2v) is 4.92. The monoisotopic (exact) mass is 233 g/mol. The Morgan fingerprint density at radius 1 is 1.31 bits per heavy atom. The maximum absolute atomic E-state index is 11.9. The fourth-order valence-corrected chi connectivity index (χ4v) is 2.18. The molecule has 0 atom stereocenters. The van der Waals surface area contributed by atoms with E-state index in [4.69, 9.17) is 11.6 Å².